The molecular weight excluding hydrogens is 391 g/mol. The highest BCUT2D eigenvalue weighted by atomic mass is 79.9. The number of carbonyl (C=O) groups is 1. The summed E-state index contributed by atoms with van der Waals surface area (Å²) in [6.07, 6.45) is 0. The fraction of sp³-hybridized carbons (Fsp3) is 0.0714. The number of carbonyl (C=O) groups excluding carboxylic acids is 1. The number of anilines is 1. The first-order valence-corrected chi connectivity index (χ1v) is 7.33. The number of amides is 1. The Morgan fingerprint density at radius 3 is 2.55 bits per heavy atom. The second-order valence-electron chi connectivity index (χ2n) is 4.16. The molecule has 0 heterocycles. The maximum Gasteiger partial charge on any atom is 0.251 e. The molecule has 0 radical (unpaired) electrons. The number of primary amides is 1. The Kier molecular flexibility index (Phi) is 4.77. The summed E-state index contributed by atoms with van der Waals surface area (Å²) in [5.41, 5.74) is 6.68. The monoisotopic (exact) mass is 400 g/mol. The predicted molar refractivity (Wildman–Crippen MR) is 84.1 cm³/mol. The van der Waals surface area contributed by atoms with Crippen LogP contribution in [0.25, 0.3) is 0 Å². The molecular formula is C14H11Br2FN2O. The van der Waals surface area contributed by atoms with E-state index < -0.39 is 11.7 Å². The van der Waals surface area contributed by atoms with E-state index in [9.17, 15) is 9.18 Å². The summed E-state index contributed by atoms with van der Waals surface area (Å²) in [6, 6.07) is 10.1. The highest BCUT2D eigenvalue weighted by Crippen LogP contribution is 2.24. The zero-order valence-corrected chi connectivity index (χ0v) is 13.5. The average molecular weight is 402 g/mol. The molecule has 20 heavy (non-hydrogen) atoms. The number of nitrogens with two attached hydrogens (primary N) is 1. The number of rotatable bonds is 4. The standard InChI is InChI=1S/C14H11Br2FN2O/c15-11-3-1-8(5-12(11)16)7-19-9-2-4-13(17)10(6-9)14(18)20/h1-6,19H,7H2,(H2,18,20). The Balaban J connectivity index is 2.12. The van der Waals surface area contributed by atoms with E-state index in [0.717, 1.165) is 14.5 Å². The Bertz CT molecular complexity index is 662. The van der Waals surface area contributed by atoms with Gasteiger partial charge in [-0.2, -0.15) is 0 Å². The molecule has 0 unspecified atom stereocenters. The normalized spacial score (nSPS) is 10.3. The summed E-state index contributed by atoms with van der Waals surface area (Å²) in [6.45, 7) is 0.551. The lowest BCUT2D eigenvalue weighted by Crippen LogP contribution is -2.13. The molecule has 6 heteroatoms. The topological polar surface area (TPSA) is 55.1 Å². The van der Waals surface area contributed by atoms with E-state index in [0.29, 0.717) is 12.2 Å². The van der Waals surface area contributed by atoms with Gasteiger partial charge in [-0.3, -0.25) is 4.79 Å². The number of halogens is 3. The Morgan fingerprint density at radius 1 is 1.15 bits per heavy atom. The fourth-order valence-corrected chi connectivity index (χ4v) is 2.35. The lowest BCUT2D eigenvalue weighted by Gasteiger charge is -2.09. The Hall–Kier alpha value is -1.40. The summed E-state index contributed by atoms with van der Waals surface area (Å²) >= 11 is 6.83. The van der Waals surface area contributed by atoms with Crippen molar-refractivity contribution in [3.05, 3.63) is 62.3 Å². The molecule has 2 aromatic carbocycles. The van der Waals surface area contributed by atoms with Crippen LogP contribution in [0.4, 0.5) is 10.1 Å². The van der Waals surface area contributed by atoms with E-state index in [-0.39, 0.29) is 5.56 Å². The van der Waals surface area contributed by atoms with Crippen LogP contribution in [0.1, 0.15) is 15.9 Å². The van der Waals surface area contributed by atoms with E-state index in [2.05, 4.69) is 37.2 Å². The maximum absolute atomic E-state index is 13.3. The van der Waals surface area contributed by atoms with Crippen LogP contribution in [0.3, 0.4) is 0 Å². The molecule has 3 nitrogen and oxygen atoms in total. The van der Waals surface area contributed by atoms with Gasteiger partial charge in [-0.05, 0) is 67.8 Å². The van der Waals surface area contributed by atoms with Crippen molar-refractivity contribution in [3.63, 3.8) is 0 Å². The maximum atomic E-state index is 13.3. The molecule has 104 valence electrons. The molecule has 0 bridgehead atoms. The van der Waals surface area contributed by atoms with Crippen LogP contribution in [0.15, 0.2) is 45.3 Å². The predicted octanol–water partition coefficient (Wildman–Crippen LogP) is 4.06. The zero-order chi connectivity index (χ0) is 14.7. The van der Waals surface area contributed by atoms with Crippen molar-refractivity contribution < 1.29 is 9.18 Å². The van der Waals surface area contributed by atoms with Crippen molar-refractivity contribution in [2.75, 3.05) is 5.32 Å². The van der Waals surface area contributed by atoms with Gasteiger partial charge in [-0.15, -0.1) is 0 Å². The summed E-state index contributed by atoms with van der Waals surface area (Å²) in [7, 11) is 0. The van der Waals surface area contributed by atoms with Crippen LogP contribution >= 0.6 is 31.9 Å². The number of hydrogen-bond donors (Lipinski definition) is 2. The highest BCUT2D eigenvalue weighted by Gasteiger charge is 2.08. The van der Waals surface area contributed by atoms with Gasteiger partial charge in [0.1, 0.15) is 5.82 Å². The third kappa shape index (κ3) is 3.58. The van der Waals surface area contributed by atoms with Gasteiger partial charge in [0.2, 0.25) is 0 Å². The first kappa shape index (κ1) is 15.0. The van der Waals surface area contributed by atoms with Gasteiger partial charge in [0.25, 0.3) is 5.91 Å². The molecule has 0 saturated carbocycles. The third-order valence-electron chi connectivity index (χ3n) is 2.71. The van der Waals surface area contributed by atoms with Crippen LogP contribution in [0.2, 0.25) is 0 Å². The molecule has 0 fully saturated rings. The number of benzene rings is 2. The summed E-state index contributed by atoms with van der Waals surface area (Å²) in [5.74, 6) is -1.40. The first-order chi connectivity index (χ1) is 9.47. The van der Waals surface area contributed by atoms with Crippen LogP contribution in [0.5, 0.6) is 0 Å². The van der Waals surface area contributed by atoms with Crippen molar-refractivity contribution in [2.45, 2.75) is 6.54 Å². The minimum atomic E-state index is -0.780. The molecule has 0 aromatic heterocycles. The molecule has 0 saturated heterocycles. The molecule has 0 aliphatic heterocycles. The molecule has 0 atom stereocenters. The van der Waals surface area contributed by atoms with Crippen LogP contribution in [-0.4, -0.2) is 5.91 Å². The zero-order valence-electron chi connectivity index (χ0n) is 10.3. The van der Waals surface area contributed by atoms with E-state index >= 15 is 0 Å². The van der Waals surface area contributed by atoms with E-state index in [4.69, 9.17) is 5.73 Å². The Labute approximate surface area is 132 Å². The molecule has 3 N–H and O–H groups in total. The molecule has 1 amide bonds. The SMILES string of the molecule is NC(=O)c1cc(NCc2ccc(Br)c(Br)c2)ccc1F. The van der Waals surface area contributed by atoms with Gasteiger partial charge in [-0.25, -0.2) is 4.39 Å². The summed E-state index contributed by atoms with van der Waals surface area (Å²) in [4.78, 5) is 11.1. The number of hydrogen-bond acceptors (Lipinski definition) is 2. The van der Waals surface area contributed by atoms with E-state index in [1.165, 1.54) is 12.1 Å². The van der Waals surface area contributed by atoms with Gasteiger partial charge in [0, 0.05) is 21.2 Å². The van der Waals surface area contributed by atoms with Crippen molar-refractivity contribution in [1.82, 2.24) is 0 Å². The smallest absolute Gasteiger partial charge is 0.251 e. The highest BCUT2D eigenvalue weighted by molar-refractivity contribution is 9.13. The molecule has 0 spiro atoms. The van der Waals surface area contributed by atoms with Crippen LogP contribution in [0, 0.1) is 5.82 Å². The summed E-state index contributed by atoms with van der Waals surface area (Å²) < 4.78 is 15.3. The van der Waals surface area contributed by atoms with Gasteiger partial charge in [0.05, 0.1) is 5.56 Å². The first-order valence-electron chi connectivity index (χ1n) is 5.74. The van der Waals surface area contributed by atoms with Crippen molar-refractivity contribution in [1.29, 1.82) is 0 Å². The molecule has 2 aromatic rings. The van der Waals surface area contributed by atoms with Crippen LogP contribution in [-0.2, 0) is 6.54 Å². The van der Waals surface area contributed by atoms with E-state index in [1.807, 2.05) is 18.2 Å². The fourth-order valence-electron chi connectivity index (χ4n) is 1.68. The molecule has 2 rings (SSSR count). The lowest BCUT2D eigenvalue weighted by molar-refractivity contribution is 0.0996. The van der Waals surface area contributed by atoms with Crippen molar-refractivity contribution in [3.8, 4) is 0 Å². The quantitative estimate of drug-likeness (QED) is 0.811. The van der Waals surface area contributed by atoms with Crippen molar-refractivity contribution >= 4 is 43.5 Å². The average Bonchev–Trinajstić information content (AvgIpc) is 2.41. The van der Waals surface area contributed by atoms with Crippen LogP contribution < -0.4 is 11.1 Å². The molecule has 0 aliphatic rings. The van der Waals surface area contributed by atoms with Gasteiger partial charge < -0.3 is 11.1 Å². The second kappa shape index (κ2) is 6.37. The second-order valence-corrected chi connectivity index (χ2v) is 5.87. The third-order valence-corrected chi connectivity index (χ3v) is 4.59. The largest absolute Gasteiger partial charge is 0.381 e. The summed E-state index contributed by atoms with van der Waals surface area (Å²) in [5, 5.41) is 3.12. The van der Waals surface area contributed by atoms with Gasteiger partial charge in [-0.1, -0.05) is 6.07 Å². The molecule has 0 aliphatic carbocycles. The van der Waals surface area contributed by atoms with Gasteiger partial charge in [0.15, 0.2) is 0 Å². The van der Waals surface area contributed by atoms with Crippen molar-refractivity contribution in [2.24, 2.45) is 5.73 Å². The minimum absolute atomic E-state index is 0.119. The number of nitrogens with one attached hydrogen (secondary N) is 1. The lowest BCUT2D eigenvalue weighted by atomic mass is 10.1. The van der Waals surface area contributed by atoms with Gasteiger partial charge >= 0.3 is 0 Å². The Morgan fingerprint density at radius 2 is 1.90 bits per heavy atom. The van der Waals surface area contributed by atoms with E-state index in [1.54, 1.807) is 6.07 Å². The minimum Gasteiger partial charge on any atom is -0.381 e.